The third-order valence-corrected chi connectivity index (χ3v) is 7.15. The summed E-state index contributed by atoms with van der Waals surface area (Å²) in [5.41, 5.74) is 0.457. The summed E-state index contributed by atoms with van der Waals surface area (Å²) in [5, 5.41) is 5.14. The van der Waals surface area contributed by atoms with E-state index in [0.717, 1.165) is 23.8 Å². The molecule has 2 aliphatic rings. The van der Waals surface area contributed by atoms with Gasteiger partial charge < -0.3 is 20.4 Å². The molecule has 2 N–H and O–H groups in total. The molecule has 0 aliphatic carbocycles. The third kappa shape index (κ3) is 7.38. The van der Waals surface area contributed by atoms with Crippen LogP contribution in [0.5, 0.6) is 0 Å². The highest BCUT2D eigenvalue weighted by atomic mass is 19.4. The van der Waals surface area contributed by atoms with E-state index in [-0.39, 0.29) is 36.5 Å². The second-order valence-electron chi connectivity index (χ2n) is 10.0. The number of hydrogen-bond acceptors (Lipinski definition) is 5. The Morgan fingerprint density at radius 2 is 1.62 bits per heavy atom. The van der Waals surface area contributed by atoms with E-state index < -0.39 is 23.6 Å². The minimum absolute atomic E-state index is 0.0330. The third-order valence-electron chi connectivity index (χ3n) is 7.15. The molecule has 2 aliphatic heterocycles. The van der Waals surface area contributed by atoms with E-state index in [1.54, 1.807) is 9.80 Å². The molecule has 2 heterocycles. The average molecular weight is 560 g/mol. The molecule has 0 spiro atoms. The molecule has 40 heavy (non-hydrogen) atoms. The molecule has 0 aromatic heterocycles. The standard InChI is InChI=1S/C28H32F3N5O4/c1-19-5-2-3-8-23(19)27(40)36-13-11-35(12-14-36)25(38)18-34-10-9-22(17-34)33-24(37)16-32-26(39)20-6-4-7-21(15-20)28(29,30)31/h2-8,15,22H,9-14,16-18H2,1H3,(H,32,39)(H,33,37). The van der Waals surface area contributed by atoms with Crippen LogP contribution in [0.25, 0.3) is 0 Å². The number of carbonyl (C=O) groups is 4. The van der Waals surface area contributed by atoms with E-state index in [9.17, 15) is 32.3 Å². The molecule has 4 rings (SSSR count). The summed E-state index contributed by atoms with van der Waals surface area (Å²) in [6, 6.07) is 11.2. The predicted octanol–water partition coefficient (Wildman–Crippen LogP) is 1.92. The minimum Gasteiger partial charge on any atom is -0.350 e. The Kier molecular flexibility index (Phi) is 9.08. The molecule has 2 fully saturated rings. The molecule has 1 unspecified atom stereocenters. The Balaban J connectivity index is 1.17. The molecule has 2 aromatic rings. The predicted molar refractivity (Wildman–Crippen MR) is 140 cm³/mol. The molecule has 0 bridgehead atoms. The van der Waals surface area contributed by atoms with Crippen molar-refractivity contribution in [3.8, 4) is 0 Å². The van der Waals surface area contributed by atoms with Gasteiger partial charge in [-0.3, -0.25) is 24.1 Å². The molecule has 1 atom stereocenters. The fourth-order valence-corrected chi connectivity index (χ4v) is 4.91. The Hall–Kier alpha value is -3.93. The van der Waals surface area contributed by atoms with Gasteiger partial charge in [-0.05, 0) is 43.2 Å². The highest BCUT2D eigenvalue weighted by Crippen LogP contribution is 2.29. The molecule has 2 saturated heterocycles. The summed E-state index contributed by atoms with van der Waals surface area (Å²) >= 11 is 0. The number of benzene rings is 2. The molecule has 12 heteroatoms. The number of alkyl halides is 3. The maximum atomic E-state index is 12.9. The maximum absolute atomic E-state index is 12.9. The number of carbonyl (C=O) groups excluding carboxylic acids is 4. The van der Waals surface area contributed by atoms with E-state index in [4.69, 9.17) is 0 Å². The maximum Gasteiger partial charge on any atom is 0.416 e. The van der Waals surface area contributed by atoms with Crippen molar-refractivity contribution in [2.24, 2.45) is 0 Å². The molecule has 2 aromatic carbocycles. The van der Waals surface area contributed by atoms with Gasteiger partial charge in [0.15, 0.2) is 0 Å². The first kappa shape index (κ1) is 29.1. The van der Waals surface area contributed by atoms with Crippen molar-refractivity contribution in [2.75, 3.05) is 52.4 Å². The zero-order valence-electron chi connectivity index (χ0n) is 22.2. The first-order valence-electron chi connectivity index (χ1n) is 13.1. The van der Waals surface area contributed by atoms with Crippen molar-refractivity contribution in [3.63, 3.8) is 0 Å². The number of aryl methyl sites for hydroxylation is 1. The van der Waals surface area contributed by atoms with Crippen molar-refractivity contribution < 1.29 is 32.3 Å². The monoisotopic (exact) mass is 559 g/mol. The van der Waals surface area contributed by atoms with Crippen LogP contribution in [0.2, 0.25) is 0 Å². The zero-order valence-corrected chi connectivity index (χ0v) is 22.2. The quantitative estimate of drug-likeness (QED) is 0.540. The number of amides is 4. The lowest BCUT2D eigenvalue weighted by Gasteiger charge is -2.35. The van der Waals surface area contributed by atoms with Crippen molar-refractivity contribution in [1.82, 2.24) is 25.3 Å². The molecule has 0 saturated carbocycles. The van der Waals surface area contributed by atoms with Gasteiger partial charge in [0.25, 0.3) is 11.8 Å². The smallest absolute Gasteiger partial charge is 0.350 e. The zero-order chi connectivity index (χ0) is 28.9. The van der Waals surface area contributed by atoms with Crippen molar-refractivity contribution in [1.29, 1.82) is 0 Å². The number of nitrogens with zero attached hydrogens (tertiary/aromatic N) is 3. The first-order chi connectivity index (χ1) is 19.0. The van der Waals surface area contributed by atoms with Crippen LogP contribution >= 0.6 is 0 Å². The molecular weight excluding hydrogens is 527 g/mol. The van der Waals surface area contributed by atoms with Crippen LogP contribution in [0.1, 0.15) is 38.3 Å². The van der Waals surface area contributed by atoms with Gasteiger partial charge in [0.2, 0.25) is 11.8 Å². The Morgan fingerprint density at radius 1 is 0.925 bits per heavy atom. The van der Waals surface area contributed by atoms with E-state index in [1.807, 2.05) is 36.1 Å². The van der Waals surface area contributed by atoms with Gasteiger partial charge in [-0.1, -0.05) is 24.3 Å². The highest BCUT2D eigenvalue weighted by molar-refractivity contribution is 5.97. The second-order valence-corrected chi connectivity index (χ2v) is 10.0. The van der Waals surface area contributed by atoms with Crippen LogP contribution in [0.15, 0.2) is 48.5 Å². The molecule has 214 valence electrons. The summed E-state index contributed by atoms with van der Waals surface area (Å²) in [5.74, 6) is -1.31. The number of halogens is 3. The number of nitrogens with one attached hydrogen (secondary N) is 2. The van der Waals surface area contributed by atoms with E-state index in [0.29, 0.717) is 51.3 Å². The number of piperazine rings is 1. The summed E-state index contributed by atoms with van der Waals surface area (Å²) < 4.78 is 38.6. The normalized spacial score (nSPS) is 17.9. The van der Waals surface area contributed by atoms with Gasteiger partial charge in [-0.15, -0.1) is 0 Å². The van der Waals surface area contributed by atoms with Gasteiger partial charge in [0.05, 0.1) is 18.7 Å². The highest BCUT2D eigenvalue weighted by Gasteiger charge is 2.32. The SMILES string of the molecule is Cc1ccccc1C(=O)N1CCN(C(=O)CN2CCC(NC(=O)CNC(=O)c3cccc(C(F)(F)F)c3)C2)CC1. The van der Waals surface area contributed by atoms with E-state index >= 15 is 0 Å². The van der Waals surface area contributed by atoms with Crippen molar-refractivity contribution in [3.05, 3.63) is 70.8 Å². The van der Waals surface area contributed by atoms with Crippen molar-refractivity contribution >= 4 is 23.6 Å². The van der Waals surface area contributed by atoms with Crippen LogP contribution in [0, 0.1) is 6.92 Å². The fraction of sp³-hybridized carbons (Fsp3) is 0.429. The fourth-order valence-electron chi connectivity index (χ4n) is 4.91. The Morgan fingerprint density at radius 3 is 2.33 bits per heavy atom. The van der Waals surface area contributed by atoms with Crippen LogP contribution in [0.3, 0.4) is 0 Å². The number of likely N-dealkylation sites (tertiary alicyclic amines) is 1. The summed E-state index contributed by atoms with van der Waals surface area (Å²) in [4.78, 5) is 55.7. The van der Waals surface area contributed by atoms with Crippen LogP contribution < -0.4 is 10.6 Å². The first-order valence-corrected chi connectivity index (χ1v) is 13.1. The largest absolute Gasteiger partial charge is 0.416 e. The van der Waals surface area contributed by atoms with Crippen LogP contribution in [-0.4, -0.2) is 96.7 Å². The summed E-state index contributed by atoms with van der Waals surface area (Å²) in [6.45, 7) is 4.62. The van der Waals surface area contributed by atoms with Gasteiger partial charge in [-0.2, -0.15) is 13.2 Å². The molecule has 9 nitrogen and oxygen atoms in total. The topological polar surface area (TPSA) is 102 Å². The lowest BCUT2D eigenvalue weighted by molar-refractivity contribution is -0.137. The molecular formula is C28H32F3N5O4. The lowest BCUT2D eigenvalue weighted by atomic mass is 10.1. The Bertz CT molecular complexity index is 1260. The van der Waals surface area contributed by atoms with Gasteiger partial charge >= 0.3 is 6.18 Å². The van der Waals surface area contributed by atoms with Gasteiger partial charge in [0.1, 0.15) is 0 Å². The van der Waals surface area contributed by atoms with Crippen molar-refractivity contribution in [2.45, 2.75) is 25.6 Å². The Labute approximate surface area is 230 Å². The number of hydrogen-bond donors (Lipinski definition) is 2. The average Bonchev–Trinajstić information content (AvgIpc) is 3.37. The molecule has 4 amide bonds. The second kappa shape index (κ2) is 12.5. The molecule has 0 radical (unpaired) electrons. The van der Waals surface area contributed by atoms with Crippen LogP contribution in [-0.2, 0) is 15.8 Å². The minimum atomic E-state index is -4.57. The summed E-state index contributed by atoms with van der Waals surface area (Å²) in [6.07, 6.45) is -3.95. The van der Waals surface area contributed by atoms with Gasteiger partial charge in [0, 0.05) is 56.4 Å². The van der Waals surface area contributed by atoms with Gasteiger partial charge in [-0.25, -0.2) is 0 Å². The summed E-state index contributed by atoms with van der Waals surface area (Å²) in [7, 11) is 0. The van der Waals surface area contributed by atoms with E-state index in [1.165, 1.54) is 6.07 Å². The van der Waals surface area contributed by atoms with E-state index in [2.05, 4.69) is 10.6 Å². The number of rotatable bonds is 7. The van der Waals surface area contributed by atoms with Crippen LogP contribution in [0.4, 0.5) is 13.2 Å². The lowest BCUT2D eigenvalue weighted by Crippen LogP contribution is -2.52.